The van der Waals surface area contributed by atoms with E-state index >= 15 is 0 Å². The van der Waals surface area contributed by atoms with Crippen molar-refractivity contribution < 1.29 is 14.1 Å². The highest BCUT2D eigenvalue weighted by Crippen LogP contribution is 2.35. The molecule has 1 unspecified atom stereocenters. The van der Waals surface area contributed by atoms with Crippen LogP contribution < -0.4 is 4.74 Å². The van der Waals surface area contributed by atoms with Crippen LogP contribution >= 0.6 is 0 Å². The molecule has 1 atom stereocenters. The van der Waals surface area contributed by atoms with E-state index in [0.717, 1.165) is 50.5 Å². The Morgan fingerprint density at radius 1 is 1.31 bits per heavy atom. The normalized spacial score (nSPS) is 19.9. The molecule has 2 aliphatic rings. The summed E-state index contributed by atoms with van der Waals surface area (Å²) in [5.41, 5.74) is 0.981. The lowest BCUT2D eigenvalue weighted by Crippen LogP contribution is -2.42. The number of rotatable bonds is 8. The van der Waals surface area contributed by atoms with Crippen molar-refractivity contribution >= 4 is 5.91 Å². The fourth-order valence-electron chi connectivity index (χ4n) is 4.11. The topological polar surface area (TPSA) is 84.6 Å². The summed E-state index contributed by atoms with van der Waals surface area (Å²) >= 11 is 0. The molecular weight excluding hydrogens is 370 g/mol. The molecule has 2 aromatic heterocycles. The lowest BCUT2D eigenvalue weighted by atomic mass is 9.85. The minimum absolute atomic E-state index is 0.0964. The Hall–Kier alpha value is -2.48. The van der Waals surface area contributed by atoms with Gasteiger partial charge in [-0.05, 0) is 25.3 Å². The Morgan fingerprint density at radius 3 is 2.90 bits per heavy atom. The van der Waals surface area contributed by atoms with E-state index in [4.69, 9.17) is 9.26 Å². The van der Waals surface area contributed by atoms with Crippen LogP contribution in [0.5, 0.6) is 5.88 Å². The number of carbonyl (C=O) groups is 1. The summed E-state index contributed by atoms with van der Waals surface area (Å²) in [7, 11) is 1.63. The lowest BCUT2D eigenvalue weighted by molar-refractivity contribution is -0.130. The van der Waals surface area contributed by atoms with Gasteiger partial charge in [0.2, 0.25) is 17.7 Å². The molecule has 0 radical (unpaired) electrons. The molecule has 1 saturated carbocycles. The van der Waals surface area contributed by atoms with Gasteiger partial charge in [0.25, 0.3) is 0 Å². The quantitative estimate of drug-likeness (QED) is 0.674. The number of methoxy groups -OCH3 is 1. The summed E-state index contributed by atoms with van der Waals surface area (Å²) in [6, 6.07) is 6.02. The second-order valence-electron chi connectivity index (χ2n) is 7.99. The minimum atomic E-state index is 0.0964. The van der Waals surface area contributed by atoms with E-state index in [2.05, 4.69) is 20.0 Å². The monoisotopic (exact) mass is 399 g/mol. The fourth-order valence-corrected chi connectivity index (χ4v) is 4.11. The fraction of sp³-hybridized carbons (Fsp3) is 0.619. The minimum Gasteiger partial charge on any atom is -0.481 e. The highest BCUT2D eigenvalue weighted by molar-refractivity contribution is 5.73. The number of hydrogen-bond donors (Lipinski definition) is 0. The first-order chi connectivity index (χ1) is 14.1. The van der Waals surface area contributed by atoms with E-state index < -0.39 is 0 Å². The number of hydrogen-bond acceptors (Lipinski definition) is 7. The number of amides is 1. The van der Waals surface area contributed by atoms with Crippen LogP contribution in [0, 0.1) is 0 Å². The molecule has 3 heterocycles. The highest BCUT2D eigenvalue weighted by atomic mass is 16.5. The molecule has 156 valence electrons. The molecule has 2 fully saturated rings. The summed E-state index contributed by atoms with van der Waals surface area (Å²) in [5.74, 6) is 2.63. The van der Waals surface area contributed by atoms with Crippen molar-refractivity contribution in [2.24, 2.45) is 0 Å². The molecular formula is C21H29N5O3. The third kappa shape index (κ3) is 4.75. The van der Waals surface area contributed by atoms with Crippen LogP contribution in [-0.4, -0.2) is 63.6 Å². The van der Waals surface area contributed by atoms with Gasteiger partial charge >= 0.3 is 0 Å². The van der Waals surface area contributed by atoms with Gasteiger partial charge in [0.05, 0.1) is 12.8 Å². The van der Waals surface area contributed by atoms with Crippen LogP contribution in [0.3, 0.4) is 0 Å². The SMILES string of the molecule is COc1cccc(CN2CCC(N(CCc3noc(C4CCC4)n3)C(C)=O)C2)n1. The van der Waals surface area contributed by atoms with Crippen molar-refractivity contribution in [2.45, 2.75) is 57.5 Å². The van der Waals surface area contributed by atoms with Crippen LogP contribution in [0.15, 0.2) is 22.7 Å². The van der Waals surface area contributed by atoms with Gasteiger partial charge in [0.1, 0.15) is 0 Å². The van der Waals surface area contributed by atoms with Gasteiger partial charge in [-0.1, -0.05) is 17.6 Å². The van der Waals surface area contributed by atoms with Crippen molar-refractivity contribution in [2.75, 3.05) is 26.7 Å². The third-order valence-electron chi connectivity index (χ3n) is 5.98. The molecule has 1 saturated heterocycles. The second-order valence-corrected chi connectivity index (χ2v) is 7.99. The van der Waals surface area contributed by atoms with E-state index in [0.29, 0.717) is 30.6 Å². The number of likely N-dealkylation sites (tertiary alicyclic amines) is 1. The van der Waals surface area contributed by atoms with Gasteiger partial charge in [-0.25, -0.2) is 4.98 Å². The number of carbonyl (C=O) groups excluding carboxylic acids is 1. The van der Waals surface area contributed by atoms with Gasteiger partial charge in [-0.2, -0.15) is 4.98 Å². The van der Waals surface area contributed by atoms with Crippen molar-refractivity contribution in [3.63, 3.8) is 0 Å². The molecule has 29 heavy (non-hydrogen) atoms. The zero-order valence-corrected chi connectivity index (χ0v) is 17.2. The molecule has 1 amide bonds. The first-order valence-electron chi connectivity index (χ1n) is 10.4. The molecule has 2 aromatic rings. The van der Waals surface area contributed by atoms with E-state index in [1.54, 1.807) is 14.0 Å². The molecule has 1 aliphatic heterocycles. The number of aromatic nitrogens is 3. The van der Waals surface area contributed by atoms with Crippen molar-refractivity contribution in [3.05, 3.63) is 35.6 Å². The standard InChI is InChI=1S/C21H29N5O3/c1-15(27)26(12-10-19-23-21(29-24-19)16-5-3-6-16)18-9-11-25(14-18)13-17-7-4-8-20(22-17)28-2/h4,7-8,16,18H,3,5-6,9-14H2,1-2H3. The van der Waals surface area contributed by atoms with Crippen LogP contribution in [-0.2, 0) is 17.8 Å². The first-order valence-corrected chi connectivity index (χ1v) is 10.4. The Balaban J connectivity index is 1.31. The van der Waals surface area contributed by atoms with Gasteiger partial charge < -0.3 is 14.2 Å². The smallest absolute Gasteiger partial charge is 0.229 e. The van der Waals surface area contributed by atoms with Crippen LogP contribution in [0.25, 0.3) is 0 Å². The predicted molar refractivity (Wildman–Crippen MR) is 106 cm³/mol. The molecule has 0 spiro atoms. The average Bonchev–Trinajstić information content (AvgIpc) is 3.31. The van der Waals surface area contributed by atoms with Crippen LogP contribution in [0.2, 0.25) is 0 Å². The van der Waals surface area contributed by atoms with Gasteiger partial charge in [-0.15, -0.1) is 0 Å². The van der Waals surface area contributed by atoms with Crippen molar-refractivity contribution in [3.8, 4) is 5.88 Å². The van der Waals surface area contributed by atoms with Gasteiger partial charge in [-0.3, -0.25) is 9.69 Å². The van der Waals surface area contributed by atoms with E-state index in [1.165, 1.54) is 6.42 Å². The molecule has 1 aliphatic carbocycles. The van der Waals surface area contributed by atoms with Crippen molar-refractivity contribution in [1.82, 2.24) is 24.9 Å². The van der Waals surface area contributed by atoms with Crippen LogP contribution in [0.1, 0.15) is 55.9 Å². The molecule has 0 aromatic carbocycles. The molecule has 8 heteroatoms. The molecule has 4 rings (SSSR count). The first kappa shape index (κ1) is 19.8. The lowest BCUT2D eigenvalue weighted by Gasteiger charge is -2.27. The molecule has 8 nitrogen and oxygen atoms in total. The van der Waals surface area contributed by atoms with Crippen LogP contribution in [0.4, 0.5) is 0 Å². The predicted octanol–water partition coefficient (Wildman–Crippen LogP) is 2.41. The number of pyridine rings is 1. The Bertz CT molecular complexity index is 835. The Kier molecular flexibility index (Phi) is 6.08. The van der Waals surface area contributed by atoms with E-state index in [9.17, 15) is 4.79 Å². The summed E-state index contributed by atoms with van der Waals surface area (Å²) < 4.78 is 10.6. The average molecular weight is 399 g/mol. The maximum absolute atomic E-state index is 12.3. The summed E-state index contributed by atoms with van der Waals surface area (Å²) in [6.45, 7) is 4.81. The number of ether oxygens (including phenoxy) is 1. The largest absolute Gasteiger partial charge is 0.481 e. The zero-order valence-electron chi connectivity index (χ0n) is 17.2. The maximum atomic E-state index is 12.3. The summed E-state index contributed by atoms with van der Waals surface area (Å²) in [5, 5.41) is 4.11. The van der Waals surface area contributed by atoms with E-state index in [1.807, 2.05) is 23.1 Å². The van der Waals surface area contributed by atoms with Gasteiger partial charge in [0, 0.05) is 57.5 Å². The Morgan fingerprint density at radius 2 is 2.17 bits per heavy atom. The number of nitrogens with zero attached hydrogens (tertiary/aromatic N) is 5. The van der Waals surface area contributed by atoms with E-state index in [-0.39, 0.29) is 11.9 Å². The summed E-state index contributed by atoms with van der Waals surface area (Å²) in [6.07, 6.45) is 5.11. The van der Waals surface area contributed by atoms with Gasteiger partial charge in [0.15, 0.2) is 5.82 Å². The highest BCUT2D eigenvalue weighted by Gasteiger charge is 2.30. The maximum Gasteiger partial charge on any atom is 0.229 e. The van der Waals surface area contributed by atoms with Crippen molar-refractivity contribution in [1.29, 1.82) is 0 Å². The molecule has 0 bridgehead atoms. The second kappa shape index (κ2) is 8.90. The third-order valence-corrected chi connectivity index (χ3v) is 5.98. The Labute approximate surface area is 171 Å². The summed E-state index contributed by atoms with van der Waals surface area (Å²) in [4.78, 5) is 25.6. The molecule has 0 N–H and O–H groups in total. The zero-order chi connectivity index (χ0) is 20.2.